The summed E-state index contributed by atoms with van der Waals surface area (Å²) in [5, 5.41) is 12.9. The van der Waals surface area contributed by atoms with E-state index in [0.717, 1.165) is 65.7 Å². The number of amides is 1. The van der Waals surface area contributed by atoms with Crippen molar-refractivity contribution in [1.29, 1.82) is 5.41 Å². The normalized spacial score (nSPS) is 17.0. The molecular formula is C27H31N5O3. The molecule has 5 rings (SSSR count). The van der Waals surface area contributed by atoms with Crippen LogP contribution in [0, 0.1) is 5.41 Å². The molecule has 0 unspecified atom stereocenters. The van der Waals surface area contributed by atoms with Crippen molar-refractivity contribution in [1.82, 2.24) is 19.6 Å². The number of carbonyl (C=O) groups is 1. The van der Waals surface area contributed by atoms with Gasteiger partial charge in [-0.2, -0.15) is 0 Å². The summed E-state index contributed by atoms with van der Waals surface area (Å²) in [5.74, 6) is 0.826. The van der Waals surface area contributed by atoms with Crippen LogP contribution >= 0.6 is 0 Å². The number of methoxy groups -OCH3 is 1. The number of nitrogens with one attached hydrogen (secondary N) is 2. The van der Waals surface area contributed by atoms with Crippen molar-refractivity contribution in [3.63, 3.8) is 0 Å². The molecule has 0 atom stereocenters. The number of aromatic nitrogens is 2. The van der Waals surface area contributed by atoms with Crippen molar-refractivity contribution in [2.45, 2.75) is 32.2 Å². The third kappa shape index (κ3) is 4.79. The Kier molecular flexibility index (Phi) is 6.55. The van der Waals surface area contributed by atoms with Crippen LogP contribution in [0.15, 0.2) is 59.9 Å². The van der Waals surface area contributed by atoms with Gasteiger partial charge < -0.3 is 19.7 Å². The third-order valence-electron chi connectivity index (χ3n) is 6.83. The van der Waals surface area contributed by atoms with Gasteiger partial charge in [-0.25, -0.2) is 4.98 Å². The second-order valence-electron chi connectivity index (χ2n) is 9.05. The maximum atomic E-state index is 12.2. The van der Waals surface area contributed by atoms with E-state index < -0.39 is 0 Å². The van der Waals surface area contributed by atoms with Crippen LogP contribution in [0.5, 0.6) is 5.75 Å². The highest BCUT2D eigenvalue weighted by atomic mass is 16.5. The average molecular weight is 474 g/mol. The number of nitrogens with zero attached hydrogens (tertiary/aromatic N) is 3. The molecule has 2 aromatic heterocycles. The zero-order valence-electron chi connectivity index (χ0n) is 20.2. The maximum Gasteiger partial charge on any atom is 0.219 e. The van der Waals surface area contributed by atoms with Crippen LogP contribution in [0.2, 0.25) is 0 Å². The lowest BCUT2D eigenvalue weighted by atomic mass is 9.97. The highest BCUT2D eigenvalue weighted by molar-refractivity contribution is 6.11. The summed E-state index contributed by atoms with van der Waals surface area (Å²) in [6, 6.07) is 14.0. The molecule has 0 saturated carbocycles. The molecule has 182 valence electrons. The van der Waals surface area contributed by atoms with Gasteiger partial charge in [0, 0.05) is 68.7 Å². The van der Waals surface area contributed by atoms with Crippen LogP contribution in [0.1, 0.15) is 31.9 Å². The zero-order valence-corrected chi connectivity index (χ0v) is 20.2. The van der Waals surface area contributed by atoms with E-state index in [-0.39, 0.29) is 5.91 Å². The molecule has 0 radical (unpaired) electrons. The number of hydrogen-bond acceptors (Lipinski definition) is 6. The topological polar surface area (TPSA) is 92.0 Å². The summed E-state index contributed by atoms with van der Waals surface area (Å²) in [4.78, 5) is 18.8. The lowest BCUT2D eigenvalue weighted by Crippen LogP contribution is -2.43. The van der Waals surface area contributed by atoms with Crippen LogP contribution < -0.4 is 10.1 Å². The Morgan fingerprint density at radius 1 is 1.17 bits per heavy atom. The van der Waals surface area contributed by atoms with Crippen molar-refractivity contribution in [2.24, 2.45) is 0 Å². The summed E-state index contributed by atoms with van der Waals surface area (Å²) in [6.45, 7) is 4.18. The first kappa shape index (κ1) is 23.1. The second-order valence-corrected chi connectivity index (χ2v) is 9.05. The fourth-order valence-corrected chi connectivity index (χ4v) is 4.78. The number of pyridine rings is 1. The van der Waals surface area contributed by atoms with E-state index in [1.54, 1.807) is 14.0 Å². The molecule has 8 nitrogen and oxygen atoms in total. The minimum Gasteiger partial charge on any atom is -0.497 e. The molecule has 0 spiro atoms. The van der Waals surface area contributed by atoms with E-state index in [2.05, 4.69) is 5.32 Å². The number of carbonyl (C=O) groups excluding carboxylic acids is 1. The zero-order chi connectivity index (χ0) is 24.4. The lowest BCUT2D eigenvalue weighted by molar-refractivity contribution is -0.128. The first-order valence-corrected chi connectivity index (χ1v) is 12.1. The molecule has 4 heterocycles. The number of benzene rings is 1. The van der Waals surface area contributed by atoms with Gasteiger partial charge in [0.2, 0.25) is 5.91 Å². The fourth-order valence-electron chi connectivity index (χ4n) is 4.78. The maximum absolute atomic E-state index is 12.2. The van der Waals surface area contributed by atoms with Gasteiger partial charge in [-0.05, 0) is 49.2 Å². The lowest BCUT2D eigenvalue weighted by Gasteiger charge is -2.34. The fraction of sp³-hybridized carbons (Fsp3) is 0.370. The minimum absolute atomic E-state index is 0.0306. The molecule has 2 aliphatic rings. The van der Waals surface area contributed by atoms with E-state index in [9.17, 15) is 10.2 Å². The molecule has 2 N–H and O–H groups in total. The van der Waals surface area contributed by atoms with E-state index in [0.29, 0.717) is 31.3 Å². The van der Waals surface area contributed by atoms with E-state index in [1.165, 1.54) is 0 Å². The Morgan fingerprint density at radius 3 is 2.66 bits per heavy atom. The number of ether oxygens (including phenoxy) is 2. The Morgan fingerprint density at radius 2 is 1.94 bits per heavy atom. The second kappa shape index (κ2) is 9.92. The number of imidazole rings is 1. The molecule has 35 heavy (non-hydrogen) atoms. The molecule has 3 aromatic rings. The first-order chi connectivity index (χ1) is 17.0. The van der Waals surface area contributed by atoms with Crippen LogP contribution in [0.3, 0.4) is 0 Å². The Hall–Kier alpha value is -3.65. The van der Waals surface area contributed by atoms with Crippen molar-refractivity contribution in [3.8, 4) is 17.0 Å². The SMILES string of the molecule is COc1ccc(-c2cn3c(C(=N)C4=C(NC5CCOCC5)CCN(C(C)=O)C4)cccc3n2)cc1. The van der Waals surface area contributed by atoms with Crippen molar-refractivity contribution < 1.29 is 14.3 Å². The average Bonchev–Trinajstić information content (AvgIpc) is 3.33. The summed E-state index contributed by atoms with van der Waals surface area (Å²) in [5.41, 5.74) is 5.68. The summed E-state index contributed by atoms with van der Waals surface area (Å²) >= 11 is 0. The molecule has 0 aliphatic carbocycles. The predicted molar refractivity (Wildman–Crippen MR) is 135 cm³/mol. The smallest absolute Gasteiger partial charge is 0.219 e. The quantitative estimate of drug-likeness (QED) is 0.533. The Labute approximate surface area is 205 Å². The van der Waals surface area contributed by atoms with Crippen LogP contribution in [0.4, 0.5) is 0 Å². The van der Waals surface area contributed by atoms with Crippen molar-refractivity contribution in [2.75, 3.05) is 33.4 Å². The highest BCUT2D eigenvalue weighted by Gasteiger charge is 2.27. The Bertz CT molecular complexity index is 1270. The van der Waals surface area contributed by atoms with E-state index in [4.69, 9.17) is 14.5 Å². The van der Waals surface area contributed by atoms with Gasteiger partial charge in [-0.15, -0.1) is 0 Å². The van der Waals surface area contributed by atoms with Gasteiger partial charge in [0.15, 0.2) is 0 Å². The molecule has 1 fully saturated rings. The first-order valence-electron chi connectivity index (χ1n) is 12.1. The highest BCUT2D eigenvalue weighted by Crippen LogP contribution is 2.26. The number of fused-ring (bicyclic) bond motifs is 1. The Balaban J connectivity index is 1.51. The number of rotatable bonds is 6. The van der Waals surface area contributed by atoms with Crippen LogP contribution in [-0.2, 0) is 9.53 Å². The van der Waals surface area contributed by atoms with E-state index >= 15 is 0 Å². The molecule has 1 aromatic carbocycles. The summed E-state index contributed by atoms with van der Waals surface area (Å²) in [6.07, 6.45) is 4.58. The van der Waals surface area contributed by atoms with Crippen molar-refractivity contribution >= 4 is 17.3 Å². The van der Waals surface area contributed by atoms with Gasteiger partial charge in [0.1, 0.15) is 11.4 Å². The van der Waals surface area contributed by atoms with Gasteiger partial charge in [0.25, 0.3) is 0 Å². The number of hydrogen-bond donors (Lipinski definition) is 2. The largest absolute Gasteiger partial charge is 0.497 e. The molecule has 8 heteroatoms. The summed E-state index contributed by atoms with van der Waals surface area (Å²) < 4.78 is 12.8. The standard InChI is InChI=1S/C27H31N5O3/c1-18(33)31-13-10-23(29-20-11-14-35-15-12-20)22(16-31)27(28)25-4-3-5-26-30-24(17-32(25)26)19-6-8-21(34-2)9-7-19/h3-9,17,20,28-29H,10-16H2,1-2H3. The molecule has 2 aliphatic heterocycles. The van der Waals surface area contributed by atoms with Gasteiger partial charge in [-0.1, -0.05) is 6.07 Å². The van der Waals surface area contributed by atoms with Crippen molar-refractivity contribution in [3.05, 3.63) is 65.6 Å². The molecule has 1 amide bonds. The monoisotopic (exact) mass is 473 g/mol. The summed E-state index contributed by atoms with van der Waals surface area (Å²) in [7, 11) is 1.65. The molecule has 1 saturated heterocycles. The third-order valence-corrected chi connectivity index (χ3v) is 6.83. The predicted octanol–water partition coefficient (Wildman–Crippen LogP) is 3.65. The molecular weight excluding hydrogens is 442 g/mol. The van der Waals surface area contributed by atoms with E-state index in [1.807, 2.05) is 58.0 Å². The van der Waals surface area contributed by atoms with Crippen LogP contribution in [-0.4, -0.2) is 65.4 Å². The minimum atomic E-state index is 0.0306. The van der Waals surface area contributed by atoms with Crippen LogP contribution in [0.25, 0.3) is 16.9 Å². The van der Waals surface area contributed by atoms with Gasteiger partial charge in [-0.3, -0.25) is 14.6 Å². The van der Waals surface area contributed by atoms with Gasteiger partial charge >= 0.3 is 0 Å². The molecule has 0 bridgehead atoms. The van der Waals surface area contributed by atoms with Gasteiger partial charge in [0.05, 0.1) is 24.2 Å².